The van der Waals surface area contributed by atoms with Crippen LogP contribution in [0.2, 0.25) is 0 Å². The molecule has 0 spiro atoms. The van der Waals surface area contributed by atoms with Gasteiger partial charge in [0.15, 0.2) is 0 Å². The molecule has 1 aliphatic rings. The molecule has 1 fully saturated rings. The van der Waals surface area contributed by atoms with Crippen molar-refractivity contribution >= 4 is 5.91 Å². The Morgan fingerprint density at radius 2 is 2.28 bits per heavy atom. The van der Waals surface area contributed by atoms with Crippen molar-refractivity contribution in [1.82, 2.24) is 19.8 Å². The molecule has 6 heteroatoms. The number of carbonyl (C=O) groups is 1. The maximum absolute atomic E-state index is 11.9. The SMILES string of the molecule is Cc1ncc(C(=O)NCCN2CCOCC2)n1C.[HH]. The highest BCUT2D eigenvalue weighted by molar-refractivity contribution is 5.92. The molecule has 1 aromatic heterocycles. The lowest BCUT2D eigenvalue weighted by atomic mass is 10.4. The lowest BCUT2D eigenvalue weighted by molar-refractivity contribution is 0.0383. The zero-order chi connectivity index (χ0) is 13.0. The molecule has 0 atom stereocenters. The fourth-order valence-corrected chi connectivity index (χ4v) is 1.96. The van der Waals surface area contributed by atoms with Crippen molar-refractivity contribution < 1.29 is 11.0 Å². The summed E-state index contributed by atoms with van der Waals surface area (Å²) in [6, 6.07) is 0. The lowest BCUT2D eigenvalue weighted by Crippen LogP contribution is -2.41. The van der Waals surface area contributed by atoms with Crippen LogP contribution in [0, 0.1) is 6.92 Å². The number of hydrogen-bond donors (Lipinski definition) is 1. The van der Waals surface area contributed by atoms with Crippen LogP contribution in [-0.2, 0) is 11.8 Å². The predicted octanol–water partition coefficient (Wildman–Crippen LogP) is 0.0365. The highest BCUT2D eigenvalue weighted by atomic mass is 16.5. The summed E-state index contributed by atoms with van der Waals surface area (Å²) in [6.45, 7) is 6.87. The molecule has 0 radical (unpaired) electrons. The average Bonchev–Trinajstić information content (AvgIpc) is 2.71. The van der Waals surface area contributed by atoms with E-state index < -0.39 is 0 Å². The van der Waals surface area contributed by atoms with Gasteiger partial charge in [0.05, 0.1) is 19.4 Å². The van der Waals surface area contributed by atoms with Crippen LogP contribution in [0.25, 0.3) is 0 Å². The second-order valence-corrected chi connectivity index (χ2v) is 4.46. The zero-order valence-electron chi connectivity index (χ0n) is 11.0. The van der Waals surface area contributed by atoms with Crippen molar-refractivity contribution in [1.29, 1.82) is 0 Å². The Morgan fingerprint density at radius 3 is 2.89 bits per heavy atom. The topological polar surface area (TPSA) is 59.4 Å². The van der Waals surface area contributed by atoms with E-state index in [1.807, 2.05) is 14.0 Å². The molecule has 6 nitrogen and oxygen atoms in total. The molecule has 0 unspecified atom stereocenters. The fourth-order valence-electron chi connectivity index (χ4n) is 1.96. The normalized spacial score (nSPS) is 16.8. The highest BCUT2D eigenvalue weighted by Crippen LogP contribution is 2.01. The third-order valence-electron chi connectivity index (χ3n) is 3.27. The molecular formula is C12H22N4O2. The second-order valence-electron chi connectivity index (χ2n) is 4.46. The largest absolute Gasteiger partial charge is 0.379 e. The van der Waals surface area contributed by atoms with Gasteiger partial charge in [0, 0.05) is 34.7 Å². The van der Waals surface area contributed by atoms with E-state index in [0.29, 0.717) is 12.2 Å². The molecule has 1 saturated heterocycles. The first-order chi connectivity index (χ1) is 8.68. The Morgan fingerprint density at radius 1 is 1.56 bits per heavy atom. The van der Waals surface area contributed by atoms with E-state index in [-0.39, 0.29) is 7.33 Å². The number of carbonyl (C=O) groups excluding carboxylic acids is 1. The number of hydrogen-bond acceptors (Lipinski definition) is 4. The zero-order valence-corrected chi connectivity index (χ0v) is 11.0. The van der Waals surface area contributed by atoms with Crippen LogP contribution in [0.15, 0.2) is 6.20 Å². The summed E-state index contributed by atoms with van der Waals surface area (Å²) in [5.74, 6) is 0.777. The van der Waals surface area contributed by atoms with Gasteiger partial charge in [-0.3, -0.25) is 9.69 Å². The van der Waals surface area contributed by atoms with E-state index in [0.717, 1.165) is 38.7 Å². The molecule has 0 aromatic carbocycles. The third-order valence-corrected chi connectivity index (χ3v) is 3.27. The minimum atomic E-state index is -0.0636. The summed E-state index contributed by atoms with van der Waals surface area (Å²) in [4.78, 5) is 18.3. The number of rotatable bonds is 4. The van der Waals surface area contributed by atoms with Crippen molar-refractivity contribution in [2.45, 2.75) is 6.92 Å². The minimum Gasteiger partial charge on any atom is -0.379 e. The predicted molar refractivity (Wildman–Crippen MR) is 69.7 cm³/mol. The van der Waals surface area contributed by atoms with Gasteiger partial charge in [-0.15, -0.1) is 0 Å². The van der Waals surface area contributed by atoms with Crippen LogP contribution >= 0.6 is 0 Å². The molecule has 0 aliphatic carbocycles. The molecule has 1 aliphatic heterocycles. The number of ether oxygens (including phenoxy) is 1. The summed E-state index contributed by atoms with van der Waals surface area (Å²) in [6.07, 6.45) is 1.61. The Hall–Kier alpha value is -1.40. The average molecular weight is 254 g/mol. The van der Waals surface area contributed by atoms with Gasteiger partial charge in [0.25, 0.3) is 5.91 Å². The van der Waals surface area contributed by atoms with E-state index in [9.17, 15) is 4.79 Å². The van der Waals surface area contributed by atoms with Crippen LogP contribution < -0.4 is 5.32 Å². The molecule has 2 heterocycles. The molecule has 18 heavy (non-hydrogen) atoms. The van der Waals surface area contributed by atoms with Crippen LogP contribution in [0.5, 0.6) is 0 Å². The summed E-state index contributed by atoms with van der Waals surface area (Å²) in [7, 11) is 1.85. The number of morpholine rings is 1. The Balaban J connectivity index is 0.00000180. The lowest BCUT2D eigenvalue weighted by Gasteiger charge is -2.26. The number of aromatic nitrogens is 2. The molecule has 1 aromatic rings. The maximum atomic E-state index is 11.9. The maximum Gasteiger partial charge on any atom is 0.269 e. The van der Waals surface area contributed by atoms with Gasteiger partial charge in [-0.2, -0.15) is 0 Å². The molecule has 0 saturated carbocycles. The number of nitrogens with one attached hydrogen (secondary N) is 1. The Kier molecular flexibility index (Phi) is 4.33. The van der Waals surface area contributed by atoms with Crippen LogP contribution in [-0.4, -0.2) is 59.8 Å². The summed E-state index contributed by atoms with van der Waals surface area (Å²) in [5.41, 5.74) is 0.606. The summed E-state index contributed by atoms with van der Waals surface area (Å²) in [5, 5.41) is 2.92. The van der Waals surface area contributed by atoms with E-state index in [4.69, 9.17) is 4.74 Å². The van der Waals surface area contributed by atoms with E-state index in [1.165, 1.54) is 0 Å². The first kappa shape index (κ1) is 13.0. The first-order valence-electron chi connectivity index (χ1n) is 6.25. The van der Waals surface area contributed by atoms with Gasteiger partial charge < -0.3 is 14.6 Å². The highest BCUT2D eigenvalue weighted by Gasteiger charge is 2.13. The van der Waals surface area contributed by atoms with Crippen LogP contribution in [0.3, 0.4) is 0 Å². The number of imidazole rings is 1. The van der Waals surface area contributed by atoms with E-state index in [2.05, 4.69) is 15.2 Å². The standard InChI is InChI=1S/C12H20N4O2.H2/c1-10-14-9-11(15(10)2)12(17)13-3-4-16-5-7-18-8-6-16;/h9H,3-8H2,1-2H3,(H,13,17);1H. The van der Waals surface area contributed by atoms with Crippen molar-refractivity contribution in [3.8, 4) is 0 Å². The first-order valence-corrected chi connectivity index (χ1v) is 6.25. The van der Waals surface area contributed by atoms with E-state index in [1.54, 1.807) is 10.8 Å². The number of amides is 1. The summed E-state index contributed by atoms with van der Waals surface area (Å²) >= 11 is 0. The van der Waals surface area contributed by atoms with E-state index >= 15 is 0 Å². The fraction of sp³-hybridized carbons (Fsp3) is 0.667. The third kappa shape index (κ3) is 3.08. The monoisotopic (exact) mass is 254 g/mol. The van der Waals surface area contributed by atoms with Gasteiger partial charge in [0.2, 0.25) is 0 Å². The van der Waals surface area contributed by atoms with Crippen LogP contribution in [0.1, 0.15) is 17.7 Å². The van der Waals surface area contributed by atoms with Crippen LogP contribution in [0.4, 0.5) is 0 Å². The van der Waals surface area contributed by atoms with Gasteiger partial charge in [-0.1, -0.05) is 0 Å². The van der Waals surface area contributed by atoms with Gasteiger partial charge in [-0.05, 0) is 6.92 Å². The molecule has 1 amide bonds. The molecular weight excluding hydrogens is 232 g/mol. The van der Waals surface area contributed by atoms with Crippen molar-refractivity contribution in [2.24, 2.45) is 7.05 Å². The smallest absolute Gasteiger partial charge is 0.269 e. The van der Waals surface area contributed by atoms with Gasteiger partial charge >= 0.3 is 0 Å². The summed E-state index contributed by atoms with van der Waals surface area (Å²) < 4.78 is 7.07. The van der Waals surface area contributed by atoms with Crippen molar-refractivity contribution in [3.05, 3.63) is 17.7 Å². The molecule has 2 rings (SSSR count). The molecule has 0 bridgehead atoms. The second kappa shape index (κ2) is 5.97. The van der Waals surface area contributed by atoms with Crippen molar-refractivity contribution in [2.75, 3.05) is 39.4 Å². The molecule has 1 N–H and O–H groups in total. The molecule has 102 valence electrons. The Labute approximate surface area is 108 Å². The van der Waals surface area contributed by atoms with Crippen molar-refractivity contribution in [3.63, 3.8) is 0 Å². The Bertz CT molecular complexity index is 416. The number of nitrogens with zero attached hydrogens (tertiary/aromatic N) is 3. The quantitative estimate of drug-likeness (QED) is 0.824. The van der Waals surface area contributed by atoms with Gasteiger partial charge in [0.1, 0.15) is 11.5 Å². The van der Waals surface area contributed by atoms with Gasteiger partial charge in [-0.25, -0.2) is 4.98 Å². The minimum absolute atomic E-state index is 0. The number of aryl methyl sites for hydroxylation is 1.